The van der Waals surface area contributed by atoms with E-state index in [-0.39, 0.29) is 17.8 Å². The highest BCUT2D eigenvalue weighted by Gasteiger charge is 2.24. The van der Waals surface area contributed by atoms with Gasteiger partial charge in [0.25, 0.3) is 0 Å². The number of hydrogen-bond donors (Lipinski definition) is 3. The maximum absolute atomic E-state index is 13.5. The fourth-order valence-corrected chi connectivity index (χ4v) is 2.74. The summed E-state index contributed by atoms with van der Waals surface area (Å²) < 4.78 is 13.5. The number of aromatic nitrogens is 2. The van der Waals surface area contributed by atoms with Crippen LogP contribution in [0.4, 0.5) is 32.3 Å². The average molecular weight is 423 g/mol. The lowest BCUT2D eigenvalue weighted by Gasteiger charge is -2.27. The summed E-state index contributed by atoms with van der Waals surface area (Å²) in [6.07, 6.45) is 1.51. The van der Waals surface area contributed by atoms with Crippen LogP contribution in [0.3, 0.4) is 0 Å². The van der Waals surface area contributed by atoms with Crippen LogP contribution in [-0.4, -0.2) is 32.7 Å². The molecule has 3 rings (SSSR count). The largest absolute Gasteiger partial charge is 0.388 e. The zero-order valence-electron chi connectivity index (χ0n) is 17.9. The van der Waals surface area contributed by atoms with Gasteiger partial charge in [0.1, 0.15) is 11.6 Å². The molecular formula is C23H26FN5O2. The standard InChI is InChI=1S/C23H26FN5O2/c1-15-7-5-6-8-19(15)27-22(30)29(18-11-9-17(24)10-12-18)20-13-14-25-21(28-20)26-16(2)23(3,4)31/h5-14,16,31H,1-4H3,(H,27,30)(H,25,26,28). The van der Waals surface area contributed by atoms with E-state index in [4.69, 9.17) is 0 Å². The van der Waals surface area contributed by atoms with Gasteiger partial charge >= 0.3 is 6.03 Å². The monoisotopic (exact) mass is 423 g/mol. The highest BCUT2D eigenvalue weighted by atomic mass is 19.1. The minimum absolute atomic E-state index is 0.253. The summed E-state index contributed by atoms with van der Waals surface area (Å²) in [5, 5.41) is 16.1. The molecule has 7 nitrogen and oxygen atoms in total. The van der Waals surface area contributed by atoms with Crippen molar-refractivity contribution < 1.29 is 14.3 Å². The summed E-state index contributed by atoms with van der Waals surface area (Å²) in [6.45, 7) is 7.05. The Morgan fingerprint density at radius 1 is 1.13 bits per heavy atom. The number of hydrogen-bond acceptors (Lipinski definition) is 5. The number of carbonyl (C=O) groups is 1. The van der Waals surface area contributed by atoms with E-state index in [2.05, 4.69) is 20.6 Å². The van der Waals surface area contributed by atoms with Gasteiger partial charge in [0.05, 0.1) is 17.3 Å². The topological polar surface area (TPSA) is 90.4 Å². The molecule has 0 aliphatic heterocycles. The third-order valence-electron chi connectivity index (χ3n) is 4.95. The van der Waals surface area contributed by atoms with Crippen LogP contribution in [0.5, 0.6) is 0 Å². The van der Waals surface area contributed by atoms with Crippen LogP contribution in [-0.2, 0) is 0 Å². The van der Waals surface area contributed by atoms with Crippen molar-refractivity contribution in [2.75, 3.05) is 15.5 Å². The highest BCUT2D eigenvalue weighted by molar-refractivity contribution is 6.06. The molecule has 1 heterocycles. The number of aryl methyl sites for hydroxylation is 1. The Hall–Kier alpha value is -3.52. The third-order valence-corrected chi connectivity index (χ3v) is 4.95. The van der Waals surface area contributed by atoms with E-state index in [1.165, 1.54) is 35.4 Å². The summed E-state index contributed by atoms with van der Waals surface area (Å²) in [5.74, 6) is 0.133. The second-order valence-corrected chi connectivity index (χ2v) is 7.82. The van der Waals surface area contributed by atoms with Gasteiger partial charge in [-0.15, -0.1) is 0 Å². The van der Waals surface area contributed by atoms with E-state index in [1.807, 2.05) is 25.1 Å². The van der Waals surface area contributed by atoms with E-state index < -0.39 is 17.4 Å². The minimum atomic E-state index is -1.00. The summed E-state index contributed by atoms with van der Waals surface area (Å²) >= 11 is 0. The molecule has 0 saturated heterocycles. The molecule has 162 valence electrons. The first-order valence-electron chi connectivity index (χ1n) is 9.89. The molecule has 0 aliphatic carbocycles. The van der Waals surface area contributed by atoms with Crippen LogP contribution in [0.2, 0.25) is 0 Å². The van der Waals surface area contributed by atoms with Crippen LogP contribution >= 0.6 is 0 Å². The molecule has 0 fully saturated rings. The van der Waals surface area contributed by atoms with Crippen molar-refractivity contribution in [1.82, 2.24) is 9.97 Å². The van der Waals surface area contributed by atoms with Crippen molar-refractivity contribution in [3.05, 3.63) is 72.2 Å². The lowest BCUT2D eigenvalue weighted by atomic mass is 10.0. The molecule has 2 aromatic carbocycles. The van der Waals surface area contributed by atoms with Crippen LogP contribution in [0.25, 0.3) is 0 Å². The van der Waals surface area contributed by atoms with Crippen molar-refractivity contribution in [2.45, 2.75) is 39.3 Å². The maximum Gasteiger partial charge on any atom is 0.332 e. The van der Waals surface area contributed by atoms with Crippen LogP contribution in [0.15, 0.2) is 60.8 Å². The van der Waals surface area contributed by atoms with E-state index in [9.17, 15) is 14.3 Å². The van der Waals surface area contributed by atoms with Crippen molar-refractivity contribution in [2.24, 2.45) is 0 Å². The number of urea groups is 1. The van der Waals surface area contributed by atoms with Gasteiger partial charge in [-0.2, -0.15) is 4.98 Å². The summed E-state index contributed by atoms with van der Waals surface area (Å²) in [7, 11) is 0. The Bertz CT molecular complexity index is 1050. The van der Waals surface area contributed by atoms with Crippen LogP contribution < -0.4 is 15.5 Å². The molecule has 0 spiro atoms. The minimum Gasteiger partial charge on any atom is -0.388 e. The number of amides is 2. The molecule has 31 heavy (non-hydrogen) atoms. The van der Waals surface area contributed by atoms with Gasteiger partial charge in [-0.25, -0.2) is 19.1 Å². The molecular weight excluding hydrogens is 397 g/mol. The molecule has 0 bridgehead atoms. The summed E-state index contributed by atoms with van der Waals surface area (Å²) in [6, 6.07) is 13.7. The number of nitrogens with one attached hydrogen (secondary N) is 2. The quantitative estimate of drug-likeness (QED) is 0.526. The Kier molecular flexibility index (Phi) is 6.50. The molecule has 3 N–H and O–H groups in total. The van der Waals surface area contributed by atoms with E-state index in [1.54, 1.807) is 32.9 Å². The maximum atomic E-state index is 13.5. The van der Waals surface area contributed by atoms with Gasteiger partial charge in [-0.3, -0.25) is 0 Å². The van der Waals surface area contributed by atoms with Gasteiger partial charge in [-0.1, -0.05) is 18.2 Å². The number of rotatable bonds is 6. The van der Waals surface area contributed by atoms with Crippen molar-refractivity contribution in [3.8, 4) is 0 Å². The fraction of sp³-hybridized carbons (Fsp3) is 0.261. The van der Waals surface area contributed by atoms with Gasteiger partial charge < -0.3 is 15.7 Å². The van der Waals surface area contributed by atoms with Crippen molar-refractivity contribution in [1.29, 1.82) is 0 Å². The highest BCUT2D eigenvalue weighted by Crippen LogP contribution is 2.27. The zero-order valence-corrected chi connectivity index (χ0v) is 17.9. The number of nitrogens with zero attached hydrogens (tertiary/aromatic N) is 3. The van der Waals surface area contributed by atoms with E-state index in [0.717, 1.165) is 5.56 Å². The first-order chi connectivity index (χ1) is 14.6. The summed E-state index contributed by atoms with van der Waals surface area (Å²) in [5.41, 5.74) is 0.993. The van der Waals surface area contributed by atoms with Crippen LogP contribution in [0, 0.1) is 12.7 Å². The number of aliphatic hydroxyl groups is 1. The summed E-state index contributed by atoms with van der Waals surface area (Å²) in [4.78, 5) is 23.2. The molecule has 0 saturated carbocycles. The van der Waals surface area contributed by atoms with Gasteiger partial charge in [-0.05, 0) is 63.6 Å². The van der Waals surface area contributed by atoms with Crippen molar-refractivity contribution in [3.63, 3.8) is 0 Å². The molecule has 1 unspecified atom stereocenters. The first-order valence-corrected chi connectivity index (χ1v) is 9.89. The zero-order chi connectivity index (χ0) is 22.6. The smallest absolute Gasteiger partial charge is 0.332 e. The molecule has 0 radical (unpaired) electrons. The fourth-order valence-electron chi connectivity index (χ4n) is 2.74. The average Bonchev–Trinajstić information content (AvgIpc) is 2.71. The molecule has 1 aromatic heterocycles. The number of carbonyl (C=O) groups excluding carboxylic acids is 1. The Morgan fingerprint density at radius 3 is 2.45 bits per heavy atom. The Morgan fingerprint density at radius 2 is 1.81 bits per heavy atom. The second-order valence-electron chi connectivity index (χ2n) is 7.82. The SMILES string of the molecule is Cc1ccccc1NC(=O)N(c1ccc(F)cc1)c1ccnc(NC(C)C(C)(C)O)n1. The number of benzene rings is 2. The van der Waals surface area contributed by atoms with Gasteiger partial charge in [0, 0.05) is 18.0 Å². The number of halogens is 1. The van der Waals surface area contributed by atoms with Gasteiger partial charge in [0.15, 0.2) is 0 Å². The van der Waals surface area contributed by atoms with Crippen LogP contribution in [0.1, 0.15) is 26.3 Å². The molecule has 1 atom stereocenters. The lowest BCUT2D eigenvalue weighted by molar-refractivity contribution is 0.0646. The predicted molar refractivity (Wildman–Crippen MR) is 120 cm³/mol. The normalized spacial score (nSPS) is 12.2. The number of anilines is 4. The van der Waals surface area contributed by atoms with Crippen molar-refractivity contribution >= 4 is 29.2 Å². The second kappa shape index (κ2) is 9.09. The van der Waals surface area contributed by atoms with E-state index >= 15 is 0 Å². The van der Waals surface area contributed by atoms with E-state index in [0.29, 0.717) is 11.4 Å². The lowest BCUT2D eigenvalue weighted by Crippen LogP contribution is -2.40. The molecule has 8 heteroatoms. The number of para-hydroxylation sites is 1. The predicted octanol–water partition coefficient (Wildman–Crippen LogP) is 4.87. The third kappa shape index (κ3) is 5.55. The molecule has 0 aliphatic rings. The first kappa shape index (κ1) is 22.2. The van der Waals surface area contributed by atoms with Gasteiger partial charge in [0.2, 0.25) is 5.95 Å². The molecule has 2 amide bonds. The Labute approximate surface area is 181 Å². The molecule has 3 aromatic rings. The Balaban J connectivity index is 1.97.